The molecule has 0 aliphatic rings. The highest BCUT2D eigenvalue weighted by Crippen LogP contribution is 2.01. The fraction of sp³-hybridized carbons (Fsp3) is 0. The number of aromatic nitrogens is 1. The second kappa shape index (κ2) is 4.35. The van der Waals surface area contributed by atoms with Gasteiger partial charge in [-0.15, -0.1) is 0 Å². The first kappa shape index (κ1) is 12.1. The molecule has 1 heterocycles. The summed E-state index contributed by atoms with van der Waals surface area (Å²) in [6.07, 6.45) is 0. The number of benzene rings is 1. The maximum Gasteiger partial charge on any atom is 0.419 e. The van der Waals surface area contributed by atoms with E-state index in [9.17, 15) is 9.59 Å². The molecule has 1 aromatic carbocycles. The number of hydrogen-bond acceptors (Lipinski definition) is 5. The molecule has 0 saturated carbocycles. The van der Waals surface area contributed by atoms with Gasteiger partial charge in [0.2, 0.25) is 0 Å². The standard InChI is InChI=1S/C8H5NO3.2H3N/c10-7-5-3-1-2-4-6(5)9-8(11)12-7;;/h1-4H,(H,9,11);2*1H3. The number of para-hydroxylation sites is 1. The Bertz CT molecular complexity index is 529. The number of hydrogen-bond donors (Lipinski definition) is 3. The van der Waals surface area contributed by atoms with Crippen LogP contribution in [-0.2, 0) is 0 Å². The zero-order valence-electron chi connectivity index (χ0n) is 7.45. The molecule has 7 N–H and O–H groups in total. The lowest BCUT2D eigenvalue weighted by Gasteiger charge is -1.91. The number of nitrogens with one attached hydrogen (secondary N) is 1. The van der Waals surface area contributed by atoms with Crippen LogP contribution in [0, 0.1) is 0 Å². The van der Waals surface area contributed by atoms with E-state index >= 15 is 0 Å². The second-order valence-corrected chi connectivity index (χ2v) is 2.35. The monoisotopic (exact) mass is 197 g/mol. The van der Waals surface area contributed by atoms with Crippen LogP contribution in [-0.4, -0.2) is 4.98 Å². The van der Waals surface area contributed by atoms with E-state index in [-0.39, 0.29) is 12.3 Å². The van der Waals surface area contributed by atoms with Gasteiger partial charge in [-0.25, -0.2) is 9.59 Å². The molecule has 14 heavy (non-hydrogen) atoms. The molecule has 6 heteroatoms. The van der Waals surface area contributed by atoms with Crippen LogP contribution in [0.2, 0.25) is 0 Å². The lowest BCUT2D eigenvalue weighted by molar-refractivity contribution is 0.460. The van der Waals surface area contributed by atoms with Crippen LogP contribution in [0.25, 0.3) is 10.9 Å². The molecule has 2 rings (SSSR count). The molecule has 0 spiro atoms. The van der Waals surface area contributed by atoms with Gasteiger partial charge in [0.15, 0.2) is 0 Å². The SMILES string of the molecule is N.N.O=c1[nH]c2ccccc2c(=O)o1. The van der Waals surface area contributed by atoms with Crippen molar-refractivity contribution in [1.82, 2.24) is 17.3 Å². The van der Waals surface area contributed by atoms with E-state index in [1.165, 1.54) is 0 Å². The third-order valence-electron chi connectivity index (χ3n) is 1.57. The molecule has 0 aliphatic heterocycles. The summed E-state index contributed by atoms with van der Waals surface area (Å²) in [5.74, 6) is -0.723. The number of H-pyrrole nitrogens is 1. The molecule has 0 bridgehead atoms. The van der Waals surface area contributed by atoms with Crippen molar-refractivity contribution in [3.63, 3.8) is 0 Å². The van der Waals surface area contributed by atoms with Crippen LogP contribution in [0.4, 0.5) is 0 Å². The van der Waals surface area contributed by atoms with E-state index in [0.29, 0.717) is 10.9 Å². The molecule has 0 fully saturated rings. The fourth-order valence-corrected chi connectivity index (χ4v) is 1.04. The zero-order chi connectivity index (χ0) is 8.55. The smallest absolute Gasteiger partial charge is 0.372 e. The largest absolute Gasteiger partial charge is 0.419 e. The summed E-state index contributed by atoms with van der Waals surface area (Å²) in [4.78, 5) is 24.1. The number of fused-ring (bicyclic) bond motifs is 1. The van der Waals surface area contributed by atoms with E-state index in [4.69, 9.17) is 0 Å². The predicted octanol–water partition coefficient (Wildman–Crippen LogP) is 0.805. The molecule has 0 saturated heterocycles. The average Bonchev–Trinajstić information content (AvgIpc) is 2.04. The van der Waals surface area contributed by atoms with Crippen LogP contribution in [0.5, 0.6) is 0 Å². The summed E-state index contributed by atoms with van der Waals surface area (Å²) >= 11 is 0. The molecular weight excluding hydrogens is 186 g/mol. The van der Waals surface area contributed by atoms with Gasteiger partial charge in [0, 0.05) is 0 Å². The van der Waals surface area contributed by atoms with Gasteiger partial charge < -0.3 is 16.7 Å². The van der Waals surface area contributed by atoms with E-state index in [1.807, 2.05) is 0 Å². The van der Waals surface area contributed by atoms with Crippen molar-refractivity contribution in [3.05, 3.63) is 45.2 Å². The highest BCUT2D eigenvalue weighted by molar-refractivity contribution is 5.76. The van der Waals surface area contributed by atoms with Crippen LogP contribution in [0.15, 0.2) is 38.3 Å². The maximum atomic E-state index is 11.0. The Balaban J connectivity index is 0.000000845. The summed E-state index contributed by atoms with van der Waals surface area (Å²) in [7, 11) is 0. The minimum Gasteiger partial charge on any atom is -0.372 e. The van der Waals surface area contributed by atoms with Gasteiger partial charge in [-0.3, -0.25) is 4.98 Å². The minimum absolute atomic E-state index is 0. The van der Waals surface area contributed by atoms with Crippen molar-refractivity contribution in [2.75, 3.05) is 0 Å². The molecule has 1 aromatic heterocycles. The Morgan fingerprint density at radius 2 is 1.71 bits per heavy atom. The van der Waals surface area contributed by atoms with Crippen LogP contribution in [0.3, 0.4) is 0 Å². The van der Waals surface area contributed by atoms with Crippen molar-refractivity contribution in [2.24, 2.45) is 0 Å². The Morgan fingerprint density at radius 1 is 1.07 bits per heavy atom. The highest BCUT2D eigenvalue weighted by Gasteiger charge is 1.98. The van der Waals surface area contributed by atoms with Gasteiger partial charge in [0.05, 0.1) is 10.9 Å². The fourth-order valence-electron chi connectivity index (χ4n) is 1.04. The van der Waals surface area contributed by atoms with Crippen molar-refractivity contribution in [1.29, 1.82) is 0 Å². The Kier molecular flexibility index (Phi) is 3.76. The first-order chi connectivity index (χ1) is 5.77. The predicted molar refractivity (Wildman–Crippen MR) is 53.1 cm³/mol. The third kappa shape index (κ3) is 1.87. The van der Waals surface area contributed by atoms with E-state index < -0.39 is 11.4 Å². The van der Waals surface area contributed by atoms with Crippen molar-refractivity contribution in [2.45, 2.75) is 0 Å². The number of aromatic amines is 1. The van der Waals surface area contributed by atoms with Crippen molar-refractivity contribution < 1.29 is 4.42 Å². The summed E-state index contributed by atoms with van der Waals surface area (Å²) in [6, 6.07) is 6.68. The molecular formula is C8H11N3O3. The Labute approximate surface area is 78.7 Å². The van der Waals surface area contributed by atoms with Gasteiger partial charge in [-0.1, -0.05) is 12.1 Å². The topological polar surface area (TPSA) is 133 Å². The van der Waals surface area contributed by atoms with Gasteiger partial charge in [-0.05, 0) is 12.1 Å². The highest BCUT2D eigenvalue weighted by atomic mass is 16.4. The van der Waals surface area contributed by atoms with Gasteiger partial charge in [0.25, 0.3) is 0 Å². The van der Waals surface area contributed by atoms with Crippen LogP contribution < -0.4 is 23.7 Å². The first-order valence-corrected chi connectivity index (χ1v) is 3.39. The molecule has 76 valence electrons. The van der Waals surface area contributed by atoms with Gasteiger partial charge in [-0.2, -0.15) is 0 Å². The summed E-state index contributed by atoms with van der Waals surface area (Å²) in [6.45, 7) is 0. The van der Waals surface area contributed by atoms with E-state index in [2.05, 4.69) is 9.40 Å². The lowest BCUT2D eigenvalue weighted by atomic mass is 10.2. The van der Waals surface area contributed by atoms with Crippen LogP contribution >= 0.6 is 0 Å². The average molecular weight is 197 g/mol. The zero-order valence-corrected chi connectivity index (χ0v) is 7.45. The Hall–Kier alpha value is -1.92. The van der Waals surface area contributed by atoms with Gasteiger partial charge >= 0.3 is 11.4 Å². The lowest BCUT2D eigenvalue weighted by Crippen LogP contribution is -2.13. The molecule has 0 radical (unpaired) electrons. The normalized spacial score (nSPS) is 8.86. The van der Waals surface area contributed by atoms with E-state index in [0.717, 1.165) is 0 Å². The minimum atomic E-state index is -0.723. The first-order valence-electron chi connectivity index (χ1n) is 3.39. The summed E-state index contributed by atoms with van der Waals surface area (Å²) in [5.41, 5.74) is -0.104. The third-order valence-corrected chi connectivity index (χ3v) is 1.57. The molecule has 0 unspecified atom stereocenters. The molecule has 2 aromatic rings. The van der Waals surface area contributed by atoms with E-state index in [1.54, 1.807) is 24.3 Å². The Morgan fingerprint density at radius 3 is 2.43 bits per heavy atom. The van der Waals surface area contributed by atoms with Crippen molar-refractivity contribution in [3.8, 4) is 0 Å². The quantitative estimate of drug-likeness (QED) is 0.574. The molecule has 0 aliphatic carbocycles. The van der Waals surface area contributed by atoms with Crippen molar-refractivity contribution >= 4 is 10.9 Å². The van der Waals surface area contributed by atoms with Gasteiger partial charge in [0.1, 0.15) is 0 Å². The summed E-state index contributed by atoms with van der Waals surface area (Å²) in [5, 5.41) is 0.386. The maximum absolute atomic E-state index is 11.0. The molecule has 0 atom stereocenters. The second-order valence-electron chi connectivity index (χ2n) is 2.35. The molecule has 6 nitrogen and oxygen atoms in total. The molecule has 0 amide bonds. The van der Waals surface area contributed by atoms with Crippen LogP contribution in [0.1, 0.15) is 0 Å². The summed E-state index contributed by atoms with van der Waals surface area (Å²) < 4.78 is 4.32. The number of rotatable bonds is 0.